The van der Waals surface area contributed by atoms with Gasteiger partial charge in [0.25, 0.3) is 0 Å². The van der Waals surface area contributed by atoms with Crippen LogP contribution >= 0.6 is 11.8 Å². The van der Waals surface area contributed by atoms with Crippen LogP contribution < -0.4 is 5.73 Å². The van der Waals surface area contributed by atoms with Gasteiger partial charge in [-0.2, -0.15) is 5.26 Å². The Bertz CT molecular complexity index is 614. The number of hydrogen-bond donors (Lipinski definition) is 1. The second-order valence-corrected chi connectivity index (χ2v) is 4.49. The van der Waals surface area contributed by atoms with Crippen LogP contribution in [0.4, 0.5) is 14.5 Å². The van der Waals surface area contributed by atoms with Gasteiger partial charge in [0, 0.05) is 16.8 Å². The highest BCUT2D eigenvalue weighted by Crippen LogP contribution is 2.33. The summed E-state index contributed by atoms with van der Waals surface area (Å²) >= 11 is 0.882. The van der Waals surface area contributed by atoms with E-state index in [0.29, 0.717) is 4.90 Å². The van der Waals surface area contributed by atoms with E-state index in [2.05, 4.69) is 4.98 Å². The zero-order valence-electron chi connectivity index (χ0n) is 9.02. The molecule has 0 atom stereocenters. The van der Waals surface area contributed by atoms with Crippen molar-refractivity contribution in [2.45, 2.75) is 9.79 Å². The highest BCUT2D eigenvalue weighted by atomic mass is 32.2. The molecule has 90 valence electrons. The van der Waals surface area contributed by atoms with Gasteiger partial charge in [-0.3, -0.25) is 0 Å². The first-order valence-electron chi connectivity index (χ1n) is 4.88. The third-order valence-electron chi connectivity index (χ3n) is 2.09. The molecule has 0 spiro atoms. The van der Waals surface area contributed by atoms with Gasteiger partial charge in [0.15, 0.2) is 0 Å². The van der Waals surface area contributed by atoms with Gasteiger partial charge in [0.2, 0.25) is 0 Å². The Morgan fingerprint density at radius 1 is 1.22 bits per heavy atom. The van der Waals surface area contributed by atoms with Gasteiger partial charge >= 0.3 is 0 Å². The number of hydrogen-bond acceptors (Lipinski definition) is 4. The van der Waals surface area contributed by atoms with E-state index >= 15 is 0 Å². The number of rotatable bonds is 2. The standard InChI is InChI=1S/C12H7F2N3S/c13-10-3-7(16)4-11(14)12(10)18-9-1-2-17-8(5-9)6-15/h1-5H,16H2. The molecule has 0 aliphatic carbocycles. The Morgan fingerprint density at radius 3 is 2.50 bits per heavy atom. The minimum atomic E-state index is -0.729. The summed E-state index contributed by atoms with van der Waals surface area (Å²) in [6.45, 7) is 0. The molecule has 0 saturated heterocycles. The van der Waals surface area contributed by atoms with Crippen LogP contribution in [0.2, 0.25) is 0 Å². The van der Waals surface area contributed by atoms with E-state index < -0.39 is 11.6 Å². The van der Waals surface area contributed by atoms with Crippen molar-refractivity contribution in [3.05, 3.63) is 47.8 Å². The summed E-state index contributed by atoms with van der Waals surface area (Å²) in [5.41, 5.74) is 5.55. The minimum Gasteiger partial charge on any atom is -0.399 e. The maximum atomic E-state index is 13.6. The van der Waals surface area contributed by atoms with E-state index in [9.17, 15) is 8.78 Å². The molecule has 0 bridgehead atoms. The first-order chi connectivity index (χ1) is 8.60. The molecule has 18 heavy (non-hydrogen) atoms. The second-order valence-electron chi connectivity index (χ2n) is 3.40. The number of aromatic nitrogens is 1. The molecule has 1 aromatic carbocycles. The molecule has 2 rings (SSSR count). The topological polar surface area (TPSA) is 62.7 Å². The zero-order valence-corrected chi connectivity index (χ0v) is 9.84. The first-order valence-corrected chi connectivity index (χ1v) is 5.70. The molecular weight excluding hydrogens is 256 g/mol. The fraction of sp³-hybridized carbons (Fsp3) is 0. The average molecular weight is 263 g/mol. The highest BCUT2D eigenvalue weighted by molar-refractivity contribution is 7.99. The predicted molar refractivity (Wildman–Crippen MR) is 63.8 cm³/mol. The van der Waals surface area contributed by atoms with Gasteiger partial charge in [-0.05, 0) is 24.3 Å². The van der Waals surface area contributed by atoms with Crippen LogP contribution in [-0.2, 0) is 0 Å². The third-order valence-corrected chi connectivity index (χ3v) is 3.17. The lowest BCUT2D eigenvalue weighted by Gasteiger charge is -2.05. The largest absolute Gasteiger partial charge is 0.399 e. The van der Waals surface area contributed by atoms with Crippen LogP contribution in [0.5, 0.6) is 0 Å². The molecule has 1 aromatic heterocycles. The fourth-order valence-electron chi connectivity index (χ4n) is 1.33. The Kier molecular flexibility index (Phi) is 3.44. The van der Waals surface area contributed by atoms with Crippen molar-refractivity contribution in [3.63, 3.8) is 0 Å². The van der Waals surface area contributed by atoms with Crippen molar-refractivity contribution in [2.24, 2.45) is 0 Å². The van der Waals surface area contributed by atoms with Crippen molar-refractivity contribution >= 4 is 17.4 Å². The van der Waals surface area contributed by atoms with Crippen LogP contribution in [0.25, 0.3) is 0 Å². The lowest BCUT2D eigenvalue weighted by molar-refractivity contribution is 0.542. The van der Waals surface area contributed by atoms with Gasteiger partial charge in [0.05, 0.1) is 4.90 Å². The maximum absolute atomic E-state index is 13.6. The Hall–Kier alpha value is -2.13. The van der Waals surface area contributed by atoms with Crippen LogP contribution in [0, 0.1) is 23.0 Å². The van der Waals surface area contributed by atoms with Gasteiger partial charge < -0.3 is 5.73 Å². The van der Waals surface area contributed by atoms with E-state index in [-0.39, 0.29) is 16.3 Å². The number of benzene rings is 1. The van der Waals surface area contributed by atoms with Crippen LogP contribution in [0.3, 0.4) is 0 Å². The summed E-state index contributed by atoms with van der Waals surface area (Å²) in [6.07, 6.45) is 1.41. The Morgan fingerprint density at radius 2 is 1.89 bits per heavy atom. The molecule has 0 amide bonds. The van der Waals surface area contributed by atoms with Crippen molar-refractivity contribution < 1.29 is 8.78 Å². The normalized spacial score (nSPS) is 10.1. The molecule has 2 aromatic rings. The second kappa shape index (κ2) is 5.02. The molecular formula is C12H7F2N3S. The van der Waals surface area contributed by atoms with Gasteiger partial charge in [0.1, 0.15) is 23.4 Å². The van der Waals surface area contributed by atoms with Gasteiger partial charge in [-0.25, -0.2) is 13.8 Å². The highest BCUT2D eigenvalue weighted by Gasteiger charge is 2.12. The molecule has 0 aliphatic heterocycles. The fourth-order valence-corrected chi connectivity index (χ4v) is 2.18. The van der Waals surface area contributed by atoms with Crippen molar-refractivity contribution in [2.75, 3.05) is 5.73 Å². The van der Waals surface area contributed by atoms with Crippen LogP contribution in [0.1, 0.15) is 5.69 Å². The maximum Gasteiger partial charge on any atom is 0.142 e. The minimum absolute atomic E-state index is 0.0294. The summed E-state index contributed by atoms with van der Waals surface area (Å²) < 4.78 is 27.1. The number of halogens is 2. The summed E-state index contributed by atoms with van der Waals surface area (Å²) in [4.78, 5) is 4.15. The lowest BCUT2D eigenvalue weighted by atomic mass is 10.3. The molecule has 0 fully saturated rings. The van der Waals surface area contributed by atoms with E-state index in [0.717, 1.165) is 23.9 Å². The van der Waals surface area contributed by atoms with Crippen molar-refractivity contribution in [3.8, 4) is 6.07 Å². The first kappa shape index (κ1) is 12.3. The van der Waals surface area contributed by atoms with E-state index in [4.69, 9.17) is 11.0 Å². The number of nitriles is 1. The number of pyridine rings is 1. The number of nitrogens with zero attached hydrogens (tertiary/aromatic N) is 2. The van der Waals surface area contributed by atoms with Gasteiger partial charge in [-0.15, -0.1) is 0 Å². The van der Waals surface area contributed by atoms with Crippen LogP contribution in [0.15, 0.2) is 40.3 Å². The SMILES string of the molecule is N#Cc1cc(Sc2c(F)cc(N)cc2F)ccn1. The van der Waals surface area contributed by atoms with Crippen molar-refractivity contribution in [1.82, 2.24) is 4.98 Å². The number of nitrogens with two attached hydrogens (primary N) is 1. The smallest absolute Gasteiger partial charge is 0.142 e. The summed E-state index contributed by atoms with van der Waals surface area (Å²) in [5, 5.41) is 8.69. The molecule has 1 heterocycles. The van der Waals surface area contributed by atoms with Crippen LogP contribution in [-0.4, -0.2) is 4.98 Å². The molecule has 0 saturated carbocycles. The molecule has 2 N–H and O–H groups in total. The van der Waals surface area contributed by atoms with Crippen molar-refractivity contribution in [1.29, 1.82) is 5.26 Å². The monoisotopic (exact) mass is 263 g/mol. The molecule has 6 heteroatoms. The Balaban J connectivity index is 2.37. The summed E-state index contributed by atoms with van der Waals surface area (Å²) in [7, 11) is 0. The summed E-state index contributed by atoms with van der Waals surface area (Å²) in [5.74, 6) is -1.46. The zero-order chi connectivity index (χ0) is 13.1. The molecule has 0 aliphatic rings. The number of anilines is 1. The Labute approximate surface area is 106 Å². The molecule has 3 nitrogen and oxygen atoms in total. The molecule has 0 unspecified atom stereocenters. The lowest BCUT2D eigenvalue weighted by Crippen LogP contribution is -1.93. The van der Waals surface area contributed by atoms with E-state index in [1.165, 1.54) is 12.3 Å². The van der Waals surface area contributed by atoms with E-state index in [1.54, 1.807) is 6.07 Å². The molecule has 0 radical (unpaired) electrons. The summed E-state index contributed by atoms with van der Waals surface area (Å²) in [6, 6.07) is 6.99. The quantitative estimate of drug-likeness (QED) is 0.846. The van der Waals surface area contributed by atoms with E-state index in [1.807, 2.05) is 6.07 Å². The predicted octanol–water partition coefficient (Wildman–Crippen LogP) is 2.96. The number of nitrogen functional groups attached to an aromatic ring is 1. The van der Waals surface area contributed by atoms with Gasteiger partial charge in [-0.1, -0.05) is 11.8 Å². The average Bonchev–Trinajstić information content (AvgIpc) is 2.34. The third kappa shape index (κ3) is 2.57.